The van der Waals surface area contributed by atoms with Crippen molar-refractivity contribution in [2.75, 3.05) is 28.0 Å². The van der Waals surface area contributed by atoms with Gasteiger partial charge in [0, 0.05) is 12.7 Å². The molecule has 9 heteroatoms. The van der Waals surface area contributed by atoms with E-state index < -0.39 is 23.7 Å². The summed E-state index contributed by atoms with van der Waals surface area (Å²) in [6.07, 6.45) is 0.972. The number of ether oxygens (including phenoxy) is 3. The average molecular weight is 547 g/mol. The Kier molecular flexibility index (Phi) is 7.53. The molecule has 4 atom stereocenters. The van der Waals surface area contributed by atoms with Gasteiger partial charge in [-0.3, -0.25) is 19.3 Å². The molecule has 40 heavy (non-hydrogen) atoms. The molecule has 3 aliphatic rings. The number of benzene rings is 2. The lowest BCUT2D eigenvalue weighted by molar-refractivity contribution is -0.129. The molecule has 5 rings (SSSR count). The second-order valence-electron chi connectivity index (χ2n) is 10.8. The Morgan fingerprint density at radius 1 is 1.07 bits per heavy atom. The Morgan fingerprint density at radius 3 is 2.45 bits per heavy atom. The van der Waals surface area contributed by atoms with Crippen LogP contribution in [-0.4, -0.2) is 61.5 Å². The van der Waals surface area contributed by atoms with E-state index in [0.29, 0.717) is 18.4 Å². The molecule has 0 spiro atoms. The number of hydrogen-bond acceptors (Lipinski definition) is 8. The van der Waals surface area contributed by atoms with Crippen LogP contribution < -0.4 is 5.73 Å². The van der Waals surface area contributed by atoms with Gasteiger partial charge in [0.15, 0.2) is 18.4 Å². The van der Waals surface area contributed by atoms with Gasteiger partial charge in [0.25, 0.3) is 5.91 Å². The molecule has 0 saturated carbocycles. The van der Waals surface area contributed by atoms with E-state index in [2.05, 4.69) is 0 Å². The van der Waals surface area contributed by atoms with Crippen LogP contribution in [-0.2, 0) is 36.8 Å². The molecule has 9 nitrogen and oxygen atoms in total. The summed E-state index contributed by atoms with van der Waals surface area (Å²) >= 11 is 0. The number of phenols is 1. The van der Waals surface area contributed by atoms with Crippen molar-refractivity contribution in [1.29, 1.82) is 0 Å². The lowest BCUT2D eigenvalue weighted by Crippen LogP contribution is -2.54. The molecule has 0 fully saturated rings. The fourth-order valence-electron chi connectivity index (χ4n) is 6.55. The van der Waals surface area contributed by atoms with Gasteiger partial charge in [-0.05, 0) is 68.5 Å². The predicted molar refractivity (Wildman–Crippen MR) is 146 cm³/mol. The number of carbonyl (C=O) groups is 3. The number of ketones is 2. The van der Waals surface area contributed by atoms with Gasteiger partial charge in [0.1, 0.15) is 29.4 Å². The van der Waals surface area contributed by atoms with Crippen molar-refractivity contribution in [1.82, 2.24) is 4.90 Å². The van der Waals surface area contributed by atoms with E-state index in [1.165, 1.54) is 13.2 Å². The lowest BCUT2D eigenvalue weighted by Gasteiger charge is -2.47. The van der Waals surface area contributed by atoms with Gasteiger partial charge in [-0.15, -0.1) is 0 Å². The summed E-state index contributed by atoms with van der Waals surface area (Å²) in [5.41, 5.74) is 8.74. The number of phenolic OH excluding ortho intramolecular Hbond substituents is 1. The van der Waals surface area contributed by atoms with Gasteiger partial charge >= 0.3 is 0 Å². The van der Waals surface area contributed by atoms with E-state index in [9.17, 15) is 19.5 Å². The molecule has 0 saturated heterocycles. The number of fused-ring (bicyclic) bond motifs is 3. The Bertz CT molecular complexity index is 1430. The number of Topliss-reactive ketones (excluding diaryl/α,β-unsaturated/α-hetero) is 2. The normalized spacial score (nSPS) is 24.0. The second-order valence-corrected chi connectivity index (χ2v) is 10.8. The smallest absolute Gasteiger partial charge is 0.255 e. The highest BCUT2D eigenvalue weighted by Crippen LogP contribution is 2.52. The zero-order valence-corrected chi connectivity index (χ0v) is 23.1. The first-order valence-corrected chi connectivity index (χ1v) is 13.3. The van der Waals surface area contributed by atoms with Gasteiger partial charge in [-0.25, -0.2) is 0 Å². The summed E-state index contributed by atoms with van der Waals surface area (Å²) in [5.74, 6) is -3.10. The maximum absolute atomic E-state index is 14.1. The highest BCUT2D eigenvalue weighted by atomic mass is 16.7. The summed E-state index contributed by atoms with van der Waals surface area (Å²) in [7, 11) is 5.17. The Morgan fingerprint density at radius 2 is 1.80 bits per heavy atom. The number of aromatic hydroxyl groups is 1. The van der Waals surface area contributed by atoms with E-state index >= 15 is 0 Å². The van der Waals surface area contributed by atoms with Crippen molar-refractivity contribution in [3.05, 3.63) is 87.4 Å². The van der Waals surface area contributed by atoms with Crippen LogP contribution in [0.25, 0.3) is 0 Å². The maximum Gasteiger partial charge on any atom is 0.255 e. The quantitative estimate of drug-likeness (QED) is 0.382. The number of allylic oxidation sites excluding steroid dienone is 2. The van der Waals surface area contributed by atoms with Crippen molar-refractivity contribution in [3.8, 4) is 5.75 Å². The maximum atomic E-state index is 14.1. The molecule has 4 unspecified atom stereocenters. The van der Waals surface area contributed by atoms with Crippen LogP contribution in [0.5, 0.6) is 5.75 Å². The summed E-state index contributed by atoms with van der Waals surface area (Å²) in [6, 6.07) is 12.3. The molecule has 210 valence electrons. The minimum absolute atomic E-state index is 0.111. The molecule has 0 aromatic heterocycles. The number of aryl methyl sites for hydroxylation is 1. The number of nitrogens with zero attached hydrogens (tertiary/aromatic N) is 1. The van der Waals surface area contributed by atoms with Crippen LogP contribution in [0.4, 0.5) is 0 Å². The zero-order chi connectivity index (χ0) is 28.7. The molecular weight excluding hydrogens is 512 g/mol. The summed E-state index contributed by atoms with van der Waals surface area (Å²) in [5, 5.41) is 10.6. The van der Waals surface area contributed by atoms with Crippen LogP contribution in [0.15, 0.2) is 65.1 Å². The molecule has 3 N–H and O–H groups in total. The Balaban J connectivity index is 1.67. The summed E-state index contributed by atoms with van der Waals surface area (Å²) in [6.45, 7) is 1.88. The van der Waals surface area contributed by atoms with E-state index in [-0.39, 0.29) is 59.4 Å². The predicted octanol–water partition coefficient (Wildman–Crippen LogP) is 3.04. The van der Waals surface area contributed by atoms with Crippen LogP contribution in [0.2, 0.25) is 0 Å². The molecule has 0 bridgehead atoms. The number of hydrogen-bond donors (Lipinski definition) is 2. The molecule has 0 heterocycles. The number of nitrogens with two attached hydrogens (primary N) is 1. The highest BCUT2D eigenvalue weighted by molar-refractivity contribution is 6.22. The highest BCUT2D eigenvalue weighted by Gasteiger charge is 2.55. The monoisotopic (exact) mass is 546 g/mol. The third kappa shape index (κ3) is 4.59. The van der Waals surface area contributed by atoms with E-state index in [1.54, 1.807) is 6.07 Å². The lowest BCUT2D eigenvalue weighted by atomic mass is 9.60. The first kappa shape index (κ1) is 27.6. The van der Waals surface area contributed by atoms with E-state index in [0.717, 1.165) is 16.7 Å². The fourth-order valence-corrected chi connectivity index (χ4v) is 6.55. The van der Waals surface area contributed by atoms with Gasteiger partial charge in [0.2, 0.25) is 0 Å². The standard InChI is InChI=1S/C31H34N2O7/c1-16-10-11-21(34)23-19(16)12-18-13-20-24(29(40-15-38-4)22(18)27(23)35)28(36)25(31(32)37)30(26(20)33(2)3)39-14-17-8-6-5-7-9-17/h5-11,18,20,24,26,34H,12-15H2,1-4H3,(H2,32,37). The molecular formula is C31H34N2O7. The minimum atomic E-state index is -0.946. The number of primary amides is 1. The molecule has 0 radical (unpaired) electrons. The molecule has 2 aromatic carbocycles. The van der Waals surface area contributed by atoms with Crippen molar-refractivity contribution in [3.63, 3.8) is 0 Å². The van der Waals surface area contributed by atoms with E-state index in [1.807, 2.05) is 56.3 Å². The van der Waals surface area contributed by atoms with Crippen LogP contribution >= 0.6 is 0 Å². The Labute approximate surface area is 233 Å². The summed E-state index contributed by atoms with van der Waals surface area (Å²) < 4.78 is 17.4. The number of rotatable bonds is 8. The van der Waals surface area contributed by atoms with Crippen molar-refractivity contribution in [2.45, 2.75) is 32.4 Å². The fraction of sp³-hybridized carbons (Fsp3) is 0.387. The number of carbonyl (C=O) groups excluding carboxylic acids is 3. The van der Waals surface area contributed by atoms with Gasteiger partial charge < -0.3 is 25.1 Å². The topological polar surface area (TPSA) is 128 Å². The largest absolute Gasteiger partial charge is 0.507 e. The SMILES string of the molecule is COCOC1=C2C(=O)c3c(O)ccc(C)c3CC2CC2C1C(=O)C(C(N)=O)=C(OCc1ccccc1)C2N(C)C. The molecule has 1 amide bonds. The molecule has 0 aliphatic heterocycles. The van der Waals surface area contributed by atoms with Gasteiger partial charge in [0.05, 0.1) is 17.5 Å². The molecule has 3 aliphatic carbocycles. The Hall–Kier alpha value is -3.95. The molecule has 2 aromatic rings. The summed E-state index contributed by atoms with van der Waals surface area (Å²) in [4.78, 5) is 42.8. The zero-order valence-electron chi connectivity index (χ0n) is 23.1. The third-order valence-corrected chi connectivity index (χ3v) is 8.21. The van der Waals surface area contributed by atoms with Gasteiger partial charge in [-0.2, -0.15) is 0 Å². The minimum Gasteiger partial charge on any atom is -0.507 e. The van der Waals surface area contributed by atoms with E-state index in [4.69, 9.17) is 19.9 Å². The van der Waals surface area contributed by atoms with Crippen LogP contribution in [0.1, 0.15) is 33.5 Å². The van der Waals surface area contributed by atoms with Crippen LogP contribution in [0, 0.1) is 24.7 Å². The number of likely N-dealkylation sites (N-methyl/N-ethyl adjacent to an activating group) is 1. The van der Waals surface area contributed by atoms with Crippen molar-refractivity contribution < 1.29 is 33.7 Å². The van der Waals surface area contributed by atoms with Crippen molar-refractivity contribution in [2.24, 2.45) is 23.5 Å². The third-order valence-electron chi connectivity index (χ3n) is 8.21. The van der Waals surface area contributed by atoms with Gasteiger partial charge in [-0.1, -0.05) is 36.4 Å². The van der Waals surface area contributed by atoms with Crippen molar-refractivity contribution >= 4 is 17.5 Å². The average Bonchev–Trinajstić information content (AvgIpc) is 2.92. The second kappa shape index (κ2) is 10.9. The number of amides is 1. The van der Waals surface area contributed by atoms with Crippen LogP contribution in [0.3, 0.4) is 0 Å². The first-order valence-electron chi connectivity index (χ1n) is 13.3. The number of methoxy groups -OCH3 is 1. The first-order chi connectivity index (χ1) is 19.1.